The molecule has 2 heterocycles. The molecule has 1 aliphatic rings. The standard InChI is InChI=1S/C12H21N3O2/c1-9(2)15-6-7-17-11(8-15)12(16)10-4-5-14(3)13-10/h4-5,9,11-12,16H,6-8H2,1-3H3. The molecule has 0 aromatic carbocycles. The lowest BCUT2D eigenvalue weighted by Gasteiger charge is -2.37. The molecule has 1 fully saturated rings. The lowest BCUT2D eigenvalue weighted by atomic mass is 10.1. The summed E-state index contributed by atoms with van der Waals surface area (Å²) in [5, 5.41) is 14.5. The Hall–Kier alpha value is -0.910. The summed E-state index contributed by atoms with van der Waals surface area (Å²) in [6.45, 7) is 6.69. The van der Waals surface area contributed by atoms with E-state index < -0.39 is 6.10 Å². The lowest BCUT2D eigenvalue weighted by Crippen LogP contribution is -2.47. The van der Waals surface area contributed by atoms with Gasteiger partial charge >= 0.3 is 0 Å². The van der Waals surface area contributed by atoms with E-state index in [-0.39, 0.29) is 6.10 Å². The van der Waals surface area contributed by atoms with Crippen LogP contribution in [0.3, 0.4) is 0 Å². The maximum absolute atomic E-state index is 10.2. The van der Waals surface area contributed by atoms with Crippen LogP contribution < -0.4 is 0 Å². The van der Waals surface area contributed by atoms with Gasteiger partial charge in [0.25, 0.3) is 0 Å². The van der Waals surface area contributed by atoms with Gasteiger partial charge in [-0.1, -0.05) is 0 Å². The van der Waals surface area contributed by atoms with Crippen LogP contribution in [-0.2, 0) is 11.8 Å². The number of hydrogen-bond acceptors (Lipinski definition) is 4. The first kappa shape index (κ1) is 12.5. The minimum atomic E-state index is -0.641. The Morgan fingerprint density at radius 1 is 1.53 bits per heavy atom. The van der Waals surface area contributed by atoms with E-state index in [9.17, 15) is 5.11 Å². The maximum atomic E-state index is 10.2. The first-order valence-corrected chi connectivity index (χ1v) is 6.11. The first-order valence-electron chi connectivity index (χ1n) is 6.11. The molecule has 1 aromatic heterocycles. The number of ether oxygens (including phenoxy) is 1. The highest BCUT2D eigenvalue weighted by Gasteiger charge is 2.30. The molecule has 2 rings (SSSR count). The van der Waals surface area contributed by atoms with Crippen LogP contribution in [0.4, 0.5) is 0 Å². The van der Waals surface area contributed by atoms with Crippen molar-refractivity contribution in [2.75, 3.05) is 19.7 Å². The average molecular weight is 239 g/mol. The Labute approximate surface area is 102 Å². The molecule has 1 aromatic rings. The highest BCUT2D eigenvalue weighted by atomic mass is 16.5. The number of aromatic nitrogens is 2. The van der Waals surface area contributed by atoms with Crippen LogP contribution in [0.5, 0.6) is 0 Å². The van der Waals surface area contributed by atoms with Gasteiger partial charge in [-0.05, 0) is 19.9 Å². The molecular weight excluding hydrogens is 218 g/mol. The van der Waals surface area contributed by atoms with Crippen molar-refractivity contribution < 1.29 is 9.84 Å². The normalized spacial score (nSPS) is 24.2. The number of aryl methyl sites for hydroxylation is 1. The Morgan fingerprint density at radius 3 is 2.88 bits per heavy atom. The van der Waals surface area contributed by atoms with E-state index >= 15 is 0 Å². The van der Waals surface area contributed by atoms with Crippen molar-refractivity contribution in [2.45, 2.75) is 32.1 Å². The van der Waals surface area contributed by atoms with Crippen LogP contribution in [0.1, 0.15) is 25.6 Å². The fourth-order valence-corrected chi connectivity index (χ4v) is 2.14. The van der Waals surface area contributed by atoms with Crippen molar-refractivity contribution in [3.8, 4) is 0 Å². The zero-order valence-corrected chi connectivity index (χ0v) is 10.7. The summed E-state index contributed by atoms with van der Waals surface area (Å²) < 4.78 is 7.34. The molecule has 1 saturated heterocycles. The van der Waals surface area contributed by atoms with Crippen LogP contribution in [0.25, 0.3) is 0 Å². The van der Waals surface area contributed by atoms with Crippen LogP contribution >= 0.6 is 0 Å². The second kappa shape index (κ2) is 5.16. The summed E-state index contributed by atoms with van der Waals surface area (Å²) >= 11 is 0. The molecule has 0 bridgehead atoms. The van der Waals surface area contributed by atoms with Crippen molar-refractivity contribution in [3.05, 3.63) is 18.0 Å². The lowest BCUT2D eigenvalue weighted by molar-refractivity contribution is -0.0973. The van der Waals surface area contributed by atoms with Crippen LogP contribution in [-0.4, -0.2) is 51.6 Å². The van der Waals surface area contributed by atoms with Crippen molar-refractivity contribution in [2.24, 2.45) is 7.05 Å². The zero-order chi connectivity index (χ0) is 12.4. The van der Waals surface area contributed by atoms with Gasteiger partial charge in [-0.2, -0.15) is 5.10 Å². The van der Waals surface area contributed by atoms with Crippen LogP contribution in [0.2, 0.25) is 0 Å². The third-order valence-corrected chi connectivity index (χ3v) is 3.24. The van der Waals surface area contributed by atoms with Crippen molar-refractivity contribution in [3.63, 3.8) is 0 Å². The van der Waals surface area contributed by atoms with Gasteiger partial charge in [0.05, 0.1) is 12.3 Å². The first-order chi connectivity index (χ1) is 8.08. The predicted octanol–water partition coefficient (Wildman–Crippen LogP) is 0.563. The molecule has 2 atom stereocenters. The highest BCUT2D eigenvalue weighted by Crippen LogP contribution is 2.21. The zero-order valence-electron chi connectivity index (χ0n) is 10.7. The van der Waals surface area contributed by atoms with Crippen molar-refractivity contribution >= 4 is 0 Å². The molecule has 5 heteroatoms. The molecule has 0 amide bonds. The van der Waals surface area contributed by atoms with Gasteiger partial charge in [0.2, 0.25) is 0 Å². The number of morpholine rings is 1. The van der Waals surface area contributed by atoms with E-state index in [1.54, 1.807) is 4.68 Å². The van der Waals surface area contributed by atoms with Crippen molar-refractivity contribution in [1.29, 1.82) is 0 Å². The minimum absolute atomic E-state index is 0.180. The van der Waals surface area contributed by atoms with Gasteiger partial charge in [-0.3, -0.25) is 9.58 Å². The Kier molecular flexibility index (Phi) is 3.81. The monoisotopic (exact) mass is 239 g/mol. The molecule has 2 unspecified atom stereocenters. The molecule has 0 saturated carbocycles. The fraction of sp³-hybridized carbons (Fsp3) is 0.750. The van der Waals surface area contributed by atoms with E-state index in [4.69, 9.17) is 4.74 Å². The number of nitrogens with zero attached hydrogens (tertiary/aromatic N) is 3. The van der Waals surface area contributed by atoms with E-state index in [1.807, 2.05) is 19.3 Å². The summed E-state index contributed by atoms with van der Waals surface area (Å²) in [7, 11) is 1.85. The van der Waals surface area contributed by atoms with Gasteiger partial charge in [0, 0.05) is 32.4 Å². The second-order valence-electron chi connectivity index (χ2n) is 4.86. The summed E-state index contributed by atoms with van der Waals surface area (Å²) in [6, 6.07) is 2.32. The third-order valence-electron chi connectivity index (χ3n) is 3.24. The van der Waals surface area contributed by atoms with Gasteiger partial charge in [-0.25, -0.2) is 0 Å². The van der Waals surface area contributed by atoms with E-state index in [1.165, 1.54) is 0 Å². The molecule has 0 spiro atoms. The summed E-state index contributed by atoms with van der Waals surface area (Å²) in [4.78, 5) is 2.32. The van der Waals surface area contributed by atoms with Crippen molar-refractivity contribution in [1.82, 2.24) is 14.7 Å². The minimum Gasteiger partial charge on any atom is -0.384 e. The Balaban J connectivity index is 2.02. The molecule has 17 heavy (non-hydrogen) atoms. The predicted molar refractivity (Wildman–Crippen MR) is 64.6 cm³/mol. The maximum Gasteiger partial charge on any atom is 0.125 e. The molecular formula is C12H21N3O2. The topological polar surface area (TPSA) is 50.5 Å². The van der Waals surface area contributed by atoms with Gasteiger partial charge in [0.1, 0.15) is 12.2 Å². The molecule has 5 nitrogen and oxygen atoms in total. The van der Waals surface area contributed by atoms with Crippen LogP contribution in [0, 0.1) is 0 Å². The quantitative estimate of drug-likeness (QED) is 0.837. The van der Waals surface area contributed by atoms with Gasteiger partial charge in [0.15, 0.2) is 0 Å². The SMILES string of the molecule is CC(C)N1CCOC(C(O)c2ccn(C)n2)C1. The number of aliphatic hydroxyl groups excluding tert-OH is 1. The second-order valence-corrected chi connectivity index (χ2v) is 4.86. The van der Waals surface area contributed by atoms with E-state index in [0.717, 1.165) is 13.1 Å². The molecule has 1 aliphatic heterocycles. The Morgan fingerprint density at radius 2 is 2.29 bits per heavy atom. The largest absolute Gasteiger partial charge is 0.384 e. The third kappa shape index (κ3) is 2.86. The number of aliphatic hydroxyl groups is 1. The Bertz CT molecular complexity index is 364. The van der Waals surface area contributed by atoms with Gasteiger partial charge < -0.3 is 9.84 Å². The summed E-state index contributed by atoms with van der Waals surface area (Å²) in [5.41, 5.74) is 0.683. The number of hydrogen-bond donors (Lipinski definition) is 1. The highest BCUT2D eigenvalue weighted by molar-refractivity contribution is 5.05. The van der Waals surface area contributed by atoms with E-state index in [2.05, 4.69) is 23.8 Å². The number of rotatable bonds is 3. The van der Waals surface area contributed by atoms with Gasteiger partial charge in [-0.15, -0.1) is 0 Å². The molecule has 96 valence electrons. The van der Waals surface area contributed by atoms with Crippen LogP contribution in [0.15, 0.2) is 12.3 Å². The fourth-order valence-electron chi connectivity index (χ4n) is 2.14. The smallest absolute Gasteiger partial charge is 0.125 e. The molecule has 1 N–H and O–H groups in total. The summed E-state index contributed by atoms with van der Waals surface area (Å²) in [6.07, 6.45) is 1.01. The summed E-state index contributed by atoms with van der Waals surface area (Å²) in [5.74, 6) is 0. The molecule has 0 radical (unpaired) electrons. The van der Waals surface area contributed by atoms with E-state index in [0.29, 0.717) is 18.3 Å². The average Bonchev–Trinajstić information content (AvgIpc) is 2.75. The molecule has 0 aliphatic carbocycles.